The number of amides is 2. The van der Waals surface area contributed by atoms with Gasteiger partial charge in [-0.1, -0.05) is 18.2 Å². The van der Waals surface area contributed by atoms with E-state index in [9.17, 15) is 9.59 Å². The van der Waals surface area contributed by atoms with E-state index in [0.717, 1.165) is 5.56 Å². The number of methoxy groups -OCH3 is 1. The molecule has 0 aliphatic heterocycles. The highest BCUT2D eigenvalue weighted by Crippen LogP contribution is 2.16. The molecule has 0 aromatic heterocycles. The van der Waals surface area contributed by atoms with E-state index in [1.54, 1.807) is 13.2 Å². The first kappa shape index (κ1) is 17.2. The zero-order chi connectivity index (χ0) is 15.7. The number of aliphatic carboxylic acids is 1. The van der Waals surface area contributed by atoms with Gasteiger partial charge in [0.15, 0.2) is 0 Å². The van der Waals surface area contributed by atoms with E-state index in [0.29, 0.717) is 17.9 Å². The molecule has 21 heavy (non-hydrogen) atoms. The average Bonchev–Trinajstić information content (AvgIpc) is 2.49. The number of para-hydroxylation sites is 1. The second kappa shape index (κ2) is 9.12. The lowest BCUT2D eigenvalue weighted by molar-refractivity contribution is -0.139. The van der Waals surface area contributed by atoms with Crippen LogP contribution < -0.4 is 15.4 Å². The topological polar surface area (TPSA) is 87.7 Å². The number of hydrogen-bond donors (Lipinski definition) is 3. The first-order valence-corrected chi connectivity index (χ1v) is 7.86. The van der Waals surface area contributed by atoms with Crippen molar-refractivity contribution in [3.8, 4) is 5.75 Å². The van der Waals surface area contributed by atoms with Gasteiger partial charge in [0.1, 0.15) is 11.8 Å². The molecule has 1 atom stereocenters. The van der Waals surface area contributed by atoms with Crippen LogP contribution in [0, 0.1) is 0 Å². The van der Waals surface area contributed by atoms with E-state index >= 15 is 0 Å². The Morgan fingerprint density at radius 3 is 2.71 bits per heavy atom. The van der Waals surface area contributed by atoms with Crippen LogP contribution in [0.2, 0.25) is 0 Å². The summed E-state index contributed by atoms with van der Waals surface area (Å²) in [5.74, 6) is 0.315. The molecule has 1 rings (SSSR count). The zero-order valence-corrected chi connectivity index (χ0v) is 12.9. The molecule has 0 bridgehead atoms. The number of ether oxygens (including phenoxy) is 1. The normalized spacial score (nSPS) is 11.5. The molecule has 2 amide bonds. The molecule has 1 aromatic carbocycles. The Labute approximate surface area is 128 Å². The van der Waals surface area contributed by atoms with Crippen molar-refractivity contribution in [1.82, 2.24) is 10.6 Å². The van der Waals surface area contributed by atoms with Crippen molar-refractivity contribution in [3.63, 3.8) is 0 Å². The van der Waals surface area contributed by atoms with Crippen molar-refractivity contribution in [2.24, 2.45) is 0 Å². The number of carboxylic acid groups (broad SMARTS) is 1. The fourth-order valence-corrected chi connectivity index (χ4v) is 2.20. The third-order valence-electron chi connectivity index (χ3n) is 2.85. The van der Waals surface area contributed by atoms with Crippen LogP contribution in [0.15, 0.2) is 24.3 Å². The maximum atomic E-state index is 11.8. The summed E-state index contributed by atoms with van der Waals surface area (Å²) in [7, 11) is 1.56. The fourth-order valence-electron chi connectivity index (χ4n) is 1.73. The molecule has 7 heteroatoms. The Morgan fingerprint density at radius 1 is 1.38 bits per heavy atom. The largest absolute Gasteiger partial charge is 0.496 e. The van der Waals surface area contributed by atoms with Gasteiger partial charge in [0.05, 0.1) is 7.11 Å². The highest BCUT2D eigenvalue weighted by atomic mass is 32.2. The van der Waals surface area contributed by atoms with Crippen LogP contribution in [-0.4, -0.2) is 42.3 Å². The van der Waals surface area contributed by atoms with E-state index in [4.69, 9.17) is 9.84 Å². The predicted octanol–water partition coefficient (Wildman–Crippen LogP) is 1.70. The van der Waals surface area contributed by atoms with Crippen LogP contribution in [0.25, 0.3) is 0 Å². The predicted molar refractivity (Wildman–Crippen MR) is 82.8 cm³/mol. The summed E-state index contributed by atoms with van der Waals surface area (Å²) in [4.78, 5) is 22.8. The van der Waals surface area contributed by atoms with E-state index in [1.807, 2.05) is 24.5 Å². The standard InChI is InChI=1S/C14H20N2O4S/c1-20-12-6-4-3-5-10(12)9-15-14(19)16-11(13(17)18)7-8-21-2/h3-6,11H,7-9H2,1-2H3,(H,17,18)(H2,15,16,19). The van der Waals surface area contributed by atoms with Gasteiger partial charge in [-0.15, -0.1) is 0 Å². The first-order valence-electron chi connectivity index (χ1n) is 6.46. The molecule has 116 valence electrons. The number of carbonyl (C=O) groups excluding carboxylic acids is 1. The Kier molecular flexibility index (Phi) is 7.45. The number of hydrogen-bond acceptors (Lipinski definition) is 4. The quantitative estimate of drug-likeness (QED) is 0.680. The molecule has 1 aromatic rings. The molecule has 0 aliphatic rings. The molecular weight excluding hydrogens is 292 g/mol. The first-order chi connectivity index (χ1) is 10.1. The summed E-state index contributed by atoms with van der Waals surface area (Å²) in [6, 6.07) is 5.93. The van der Waals surface area contributed by atoms with Crippen LogP contribution in [0.5, 0.6) is 5.75 Å². The number of carbonyl (C=O) groups is 2. The summed E-state index contributed by atoms with van der Waals surface area (Å²) in [5, 5.41) is 14.1. The number of nitrogens with one attached hydrogen (secondary N) is 2. The van der Waals surface area contributed by atoms with Gasteiger partial charge in [-0.3, -0.25) is 0 Å². The molecule has 0 saturated carbocycles. The number of thioether (sulfide) groups is 1. The van der Waals surface area contributed by atoms with Crippen LogP contribution >= 0.6 is 11.8 Å². The molecule has 6 nitrogen and oxygen atoms in total. The molecule has 0 saturated heterocycles. The minimum atomic E-state index is -1.03. The van der Waals surface area contributed by atoms with E-state index in [2.05, 4.69) is 10.6 Å². The summed E-state index contributed by atoms with van der Waals surface area (Å²) < 4.78 is 5.18. The van der Waals surface area contributed by atoms with Crippen molar-refractivity contribution in [1.29, 1.82) is 0 Å². The molecular formula is C14H20N2O4S. The maximum absolute atomic E-state index is 11.8. The maximum Gasteiger partial charge on any atom is 0.326 e. The van der Waals surface area contributed by atoms with Gasteiger partial charge in [-0.05, 0) is 24.5 Å². The second-order valence-electron chi connectivity index (χ2n) is 4.31. The smallest absolute Gasteiger partial charge is 0.326 e. The Morgan fingerprint density at radius 2 is 2.10 bits per heavy atom. The fraction of sp³-hybridized carbons (Fsp3) is 0.429. The summed E-state index contributed by atoms with van der Waals surface area (Å²) >= 11 is 1.54. The molecule has 0 heterocycles. The number of rotatable bonds is 8. The number of carboxylic acids is 1. The highest BCUT2D eigenvalue weighted by Gasteiger charge is 2.19. The summed E-state index contributed by atoms with van der Waals surface area (Å²) in [6.45, 7) is 0.269. The monoisotopic (exact) mass is 312 g/mol. The van der Waals surface area contributed by atoms with Gasteiger partial charge in [-0.2, -0.15) is 11.8 Å². The van der Waals surface area contributed by atoms with Crippen molar-refractivity contribution >= 4 is 23.8 Å². The minimum Gasteiger partial charge on any atom is -0.496 e. The van der Waals surface area contributed by atoms with Crippen molar-refractivity contribution in [3.05, 3.63) is 29.8 Å². The lowest BCUT2D eigenvalue weighted by atomic mass is 10.2. The van der Waals surface area contributed by atoms with Gasteiger partial charge in [0.2, 0.25) is 0 Å². The zero-order valence-electron chi connectivity index (χ0n) is 12.1. The number of benzene rings is 1. The van der Waals surface area contributed by atoms with Gasteiger partial charge >= 0.3 is 12.0 Å². The minimum absolute atomic E-state index is 0.269. The van der Waals surface area contributed by atoms with Gasteiger partial charge < -0.3 is 20.5 Å². The van der Waals surface area contributed by atoms with Crippen molar-refractivity contribution in [2.45, 2.75) is 19.0 Å². The molecule has 0 spiro atoms. The van der Waals surface area contributed by atoms with E-state index < -0.39 is 18.0 Å². The van der Waals surface area contributed by atoms with E-state index in [1.165, 1.54) is 11.8 Å². The Balaban J connectivity index is 2.50. The van der Waals surface area contributed by atoms with Crippen molar-refractivity contribution in [2.75, 3.05) is 19.1 Å². The van der Waals surface area contributed by atoms with E-state index in [-0.39, 0.29) is 6.54 Å². The Hall–Kier alpha value is -1.89. The molecule has 0 radical (unpaired) electrons. The molecule has 0 aliphatic carbocycles. The molecule has 3 N–H and O–H groups in total. The Bertz CT molecular complexity index is 482. The number of urea groups is 1. The SMILES string of the molecule is COc1ccccc1CNC(=O)NC(CCSC)C(=O)O. The average molecular weight is 312 g/mol. The van der Waals surface area contributed by atoms with Gasteiger partial charge in [0.25, 0.3) is 0 Å². The summed E-state index contributed by atoms with van der Waals surface area (Å²) in [5.41, 5.74) is 0.825. The lowest BCUT2D eigenvalue weighted by Crippen LogP contribution is -2.46. The van der Waals surface area contributed by atoms with Crippen LogP contribution in [-0.2, 0) is 11.3 Å². The van der Waals surface area contributed by atoms with Crippen LogP contribution in [0.3, 0.4) is 0 Å². The van der Waals surface area contributed by atoms with Crippen LogP contribution in [0.4, 0.5) is 4.79 Å². The van der Waals surface area contributed by atoms with Gasteiger partial charge in [0, 0.05) is 12.1 Å². The lowest BCUT2D eigenvalue weighted by Gasteiger charge is -2.15. The third kappa shape index (κ3) is 5.95. The highest BCUT2D eigenvalue weighted by molar-refractivity contribution is 7.98. The molecule has 0 fully saturated rings. The second-order valence-corrected chi connectivity index (χ2v) is 5.30. The van der Waals surface area contributed by atoms with Gasteiger partial charge in [-0.25, -0.2) is 9.59 Å². The van der Waals surface area contributed by atoms with Crippen LogP contribution in [0.1, 0.15) is 12.0 Å². The third-order valence-corrected chi connectivity index (χ3v) is 3.49. The molecule has 1 unspecified atom stereocenters. The summed E-state index contributed by atoms with van der Waals surface area (Å²) in [6.07, 6.45) is 2.28. The van der Waals surface area contributed by atoms with Crippen molar-refractivity contribution < 1.29 is 19.4 Å².